The molecule has 2 aromatic heterocycles. The van der Waals surface area contributed by atoms with Crippen LogP contribution in [0.2, 0.25) is 0 Å². The molecule has 0 aromatic carbocycles. The first-order valence-corrected chi connectivity index (χ1v) is 7.54. The van der Waals surface area contributed by atoms with Gasteiger partial charge in [-0.25, -0.2) is 9.18 Å². The van der Waals surface area contributed by atoms with Crippen molar-refractivity contribution in [3.8, 4) is 0 Å². The van der Waals surface area contributed by atoms with E-state index in [0.717, 1.165) is 5.69 Å². The van der Waals surface area contributed by atoms with Crippen LogP contribution in [0.4, 0.5) is 20.8 Å². The van der Waals surface area contributed by atoms with Gasteiger partial charge in [0.15, 0.2) is 5.82 Å². The van der Waals surface area contributed by atoms with Crippen LogP contribution in [0.1, 0.15) is 25.1 Å². The largest absolute Gasteiger partial charge is 0.353 e. The topological polar surface area (TPSA) is 102 Å². The third kappa shape index (κ3) is 2.61. The summed E-state index contributed by atoms with van der Waals surface area (Å²) in [7, 11) is 0. The van der Waals surface area contributed by atoms with E-state index in [2.05, 4.69) is 20.8 Å². The molecule has 1 aliphatic heterocycles. The lowest BCUT2D eigenvalue weighted by molar-refractivity contribution is 0.234. The Bertz CT molecular complexity index is 792. The van der Waals surface area contributed by atoms with E-state index in [1.807, 2.05) is 6.92 Å². The van der Waals surface area contributed by atoms with Crippen molar-refractivity contribution in [2.45, 2.75) is 26.3 Å². The first-order valence-electron chi connectivity index (χ1n) is 7.54. The molecule has 128 valence electrons. The number of anilines is 2. The summed E-state index contributed by atoms with van der Waals surface area (Å²) in [5.41, 5.74) is 0.652. The van der Waals surface area contributed by atoms with Gasteiger partial charge in [-0.3, -0.25) is 20.7 Å². The monoisotopic (exact) mass is 333 g/mol. The van der Waals surface area contributed by atoms with Gasteiger partial charge in [-0.2, -0.15) is 5.10 Å². The summed E-state index contributed by atoms with van der Waals surface area (Å²) in [5.74, 6) is 1.09. The first-order chi connectivity index (χ1) is 11.3. The number of fused-ring (bicyclic) bond motifs is 1. The van der Waals surface area contributed by atoms with Crippen LogP contribution in [-0.2, 0) is 5.54 Å². The number of amides is 2. The quantitative estimate of drug-likeness (QED) is 0.694. The molecule has 1 aliphatic rings. The van der Waals surface area contributed by atoms with E-state index < -0.39 is 18.2 Å². The number of hydrogen-bond acceptors (Lipinski definition) is 4. The fourth-order valence-corrected chi connectivity index (χ4v) is 2.58. The molecule has 0 fully saturated rings. The van der Waals surface area contributed by atoms with Crippen LogP contribution in [0.5, 0.6) is 0 Å². The van der Waals surface area contributed by atoms with Crippen LogP contribution in [0.3, 0.4) is 0 Å². The minimum absolute atomic E-state index is 0.0573. The number of rotatable bonds is 3. The van der Waals surface area contributed by atoms with Crippen molar-refractivity contribution < 1.29 is 9.18 Å². The fourth-order valence-electron chi connectivity index (χ4n) is 2.58. The highest BCUT2D eigenvalue weighted by Crippen LogP contribution is 2.30. The van der Waals surface area contributed by atoms with Gasteiger partial charge >= 0.3 is 6.03 Å². The van der Waals surface area contributed by atoms with Gasteiger partial charge in [-0.1, -0.05) is 0 Å². The molecule has 0 atom stereocenters. The number of alkyl halides is 1. The van der Waals surface area contributed by atoms with Gasteiger partial charge in [0.1, 0.15) is 18.3 Å². The molecule has 0 aliphatic carbocycles. The molecule has 2 amide bonds. The summed E-state index contributed by atoms with van der Waals surface area (Å²) in [6.45, 7) is 4.96. The summed E-state index contributed by atoms with van der Waals surface area (Å²) in [6.07, 6.45) is 1.73. The Hall–Kier alpha value is -2.84. The Kier molecular flexibility index (Phi) is 3.78. The molecule has 9 heteroatoms. The van der Waals surface area contributed by atoms with Crippen LogP contribution >= 0.6 is 0 Å². The Morgan fingerprint density at radius 2 is 2.29 bits per heavy atom. The molecule has 8 nitrogen and oxygen atoms in total. The van der Waals surface area contributed by atoms with E-state index >= 15 is 0 Å². The normalized spacial score (nSPS) is 14.3. The number of aryl methyl sites for hydroxylation is 1. The number of halogens is 1. The summed E-state index contributed by atoms with van der Waals surface area (Å²) < 4.78 is 15.0. The van der Waals surface area contributed by atoms with Gasteiger partial charge in [-0.05, 0) is 26.8 Å². The maximum atomic E-state index is 13.3. The maximum Gasteiger partial charge on any atom is 0.330 e. The third-order valence-corrected chi connectivity index (χ3v) is 3.98. The van der Waals surface area contributed by atoms with Crippen molar-refractivity contribution in [1.82, 2.24) is 19.7 Å². The Labute approximate surface area is 138 Å². The molecule has 3 rings (SSSR count). The molecule has 3 heterocycles. The summed E-state index contributed by atoms with van der Waals surface area (Å²) in [4.78, 5) is 13.6. The van der Waals surface area contributed by atoms with E-state index in [9.17, 15) is 9.18 Å². The zero-order chi connectivity index (χ0) is 17.5. The lowest BCUT2D eigenvalue weighted by atomic mass is 10.1. The summed E-state index contributed by atoms with van der Waals surface area (Å²) in [6, 6.07) is 2.95. The zero-order valence-corrected chi connectivity index (χ0v) is 13.8. The van der Waals surface area contributed by atoms with Gasteiger partial charge in [0.25, 0.3) is 0 Å². The van der Waals surface area contributed by atoms with Crippen molar-refractivity contribution >= 4 is 23.5 Å². The second-order valence-corrected chi connectivity index (χ2v) is 6.37. The van der Waals surface area contributed by atoms with E-state index in [-0.39, 0.29) is 12.5 Å². The average molecular weight is 333 g/mol. The lowest BCUT2D eigenvalue weighted by Gasteiger charge is -2.32. The third-order valence-electron chi connectivity index (χ3n) is 3.98. The molecular weight excluding hydrogens is 313 g/mol. The van der Waals surface area contributed by atoms with Gasteiger partial charge in [0, 0.05) is 18.0 Å². The molecule has 0 saturated heterocycles. The van der Waals surface area contributed by atoms with Crippen LogP contribution in [0.15, 0.2) is 18.3 Å². The Morgan fingerprint density at radius 1 is 1.54 bits per heavy atom. The highest BCUT2D eigenvalue weighted by atomic mass is 19.1. The van der Waals surface area contributed by atoms with Crippen molar-refractivity contribution in [3.63, 3.8) is 0 Å². The predicted molar refractivity (Wildman–Crippen MR) is 89.2 cm³/mol. The van der Waals surface area contributed by atoms with Crippen molar-refractivity contribution in [1.29, 1.82) is 5.41 Å². The molecule has 2 aromatic rings. The SMILES string of the molecule is Cc1cc(NC(=O)N2CNc3c(ccn3C(C)(C)CF)C2=N)n[nH]1. The van der Waals surface area contributed by atoms with E-state index in [1.54, 1.807) is 36.7 Å². The number of urea groups is 1. The van der Waals surface area contributed by atoms with Crippen LogP contribution in [0, 0.1) is 12.3 Å². The van der Waals surface area contributed by atoms with Crippen LogP contribution in [0.25, 0.3) is 0 Å². The molecule has 0 saturated carbocycles. The molecule has 0 spiro atoms. The Morgan fingerprint density at radius 3 is 2.92 bits per heavy atom. The molecule has 4 N–H and O–H groups in total. The number of aromatic amines is 1. The van der Waals surface area contributed by atoms with Crippen molar-refractivity contribution in [2.24, 2.45) is 0 Å². The zero-order valence-electron chi connectivity index (χ0n) is 13.8. The van der Waals surface area contributed by atoms with Gasteiger partial charge < -0.3 is 9.88 Å². The highest BCUT2D eigenvalue weighted by molar-refractivity contribution is 6.12. The standard InChI is InChI=1S/C15H20FN7O/c1-9-6-11(21-20-9)19-14(24)22-8-18-13-10(12(22)17)4-5-23(13)15(2,3)7-16/h4-6,17-18H,7-8H2,1-3H3,(H2,19,20,21,24). The highest BCUT2D eigenvalue weighted by Gasteiger charge is 2.32. The lowest BCUT2D eigenvalue weighted by Crippen LogP contribution is -2.47. The Balaban J connectivity index is 1.81. The number of hydrogen-bond donors (Lipinski definition) is 4. The van der Waals surface area contributed by atoms with Gasteiger partial charge in [-0.15, -0.1) is 0 Å². The van der Waals surface area contributed by atoms with Crippen molar-refractivity contribution in [2.75, 3.05) is 24.0 Å². The number of H-pyrrole nitrogens is 1. The van der Waals surface area contributed by atoms with Crippen LogP contribution in [-0.4, -0.2) is 44.9 Å². The average Bonchev–Trinajstić information content (AvgIpc) is 3.14. The van der Waals surface area contributed by atoms with Crippen LogP contribution < -0.4 is 10.6 Å². The number of carbonyl (C=O) groups is 1. The summed E-state index contributed by atoms with van der Waals surface area (Å²) >= 11 is 0. The number of aromatic nitrogens is 3. The fraction of sp³-hybridized carbons (Fsp3) is 0.400. The molecule has 0 bridgehead atoms. The smallest absolute Gasteiger partial charge is 0.330 e. The first kappa shape index (κ1) is 16.0. The minimum atomic E-state index is -0.724. The summed E-state index contributed by atoms with van der Waals surface area (Å²) in [5, 5.41) is 20.7. The number of nitrogens with zero attached hydrogens (tertiary/aromatic N) is 3. The maximum absolute atomic E-state index is 13.3. The molecular formula is C15H20FN7O. The number of nitrogens with one attached hydrogen (secondary N) is 4. The molecule has 0 unspecified atom stereocenters. The molecule has 0 radical (unpaired) electrons. The second-order valence-electron chi connectivity index (χ2n) is 6.37. The van der Waals surface area contributed by atoms with E-state index in [0.29, 0.717) is 17.2 Å². The van der Waals surface area contributed by atoms with E-state index in [4.69, 9.17) is 5.41 Å². The second kappa shape index (κ2) is 5.66. The predicted octanol–water partition coefficient (Wildman–Crippen LogP) is 2.47. The number of carbonyl (C=O) groups excluding carboxylic acids is 1. The van der Waals surface area contributed by atoms with E-state index in [1.165, 1.54) is 4.90 Å². The molecule has 24 heavy (non-hydrogen) atoms. The number of amidine groups is 1. The van der Waals surface area contributed by atoms with Gasteiger partial charge in [0.05, 0.1) is 17.8 Å². The van der Waals surface area contributed by atoms with Crippen molar-refractivity contribution in [3.05, 3.63) is 29.6 Å². The van der Waals surface area contributed by atoms with Gasteiger partial charge in [0.2, 0.25) is 0 Å². The minimum Gasteiger partial charge on any atom is -0.353 e.